The molecule has 0 unspecified atom stereocenters. The molecule has 0 atom stereocenters. The fourth-order valence-corrected chi connectivity index (χ4v) is 1.27. The van der Waals surface area contributed by atoms with Crippen molar-refractivity contribution in [3.05, 3.63) is 23.9 Å². The minimum Gasteiger partial charge on any atom is -0.392 e. The van der Waals surface area contributed by atoms with Crippen LogP contribution in [0.5, 0.6) is 0 Å². The van der Waals surface area contributed by atoms with Crippen molar-refractivity contribution in [3.8, 4) is 0 Å². The second-order valence-corrected chi connectivity index (χ2v) is 3.17. The number of carbonyl (C=O) groups excluding carboxylic acids is 1. The van der Waals surface area contributed by atoms with E-state index in [0.717, 1.165) is 0 Å². The van der Waals surface area contributed by atoms with Crippen molar-refractivity contribution in [2.45, 2.75) is 6.61 Å². The third kappa shape index (κ3) is 2.92. The molecule has 0 aromatic carbocycles. The third-order valence-electron chi connectivity index (χ3n) is 2.06. The molecular formula is C10H15N3O2. The highest BCUT2D eigenvalue weighted by molar-refractivity contribution is 5.80. The van der Waals surface area contributed by atoms with Gasteiger partial charge in [0, 0.05) is 25.9 Å². The van der Waals surface area contributed by atoms with Gasteiger partial charge in [0.15, 0.2) is 0 Å². The topological polar surface area (TPSA) is 65.5 Å². The van der Waals surface area contributed by atoms with Crippen LogP contribution < -0.4 is 10.2 Å². The molecule has 1 amide bonds. The number of nitrogens with one attached hydrogen (secondary N) is 1. The number of rotatable bonds is 4. The van der Waals surface area contributed by atoms with E-state index < -0.39 is 0 Å². The Kier molecular flexibility index (Phi) is 4.05. The molecule has 1 heterocycles. The van der Waals surface area contributed by atoms with Gasteiger partial charge >= 0.3 is 0 Å². The largest absolute Gasteiger partial charge is 0.392 e. The van der Waals surface area contributed by atoms with Gasteiger partial charge < -0.3 is 15.3 Å². The Balaban J connectivity index is 2.80. The van der Waals surface area contributed by atoms with Crippen LogP contribution in [-0.4, -0.2) is 36.6 Å². The summed E-state index contributed by atoms with van der Waals surface area (Å²) in [6, 6.07) is 3.53. The van der Waals surface area contributed by atoms with E-state index in [2.05, 4.69) is 10.3 Å². The molecule has 1 aromatic rings. The summed E-state index contributed by atoms with van der Waals surface area (Å²) in [6.07, 6.45) is 1.63. The van der Waals surface area contributed by atoms with Crippen LogP contribution in [0.4, 0.5) is 5.82 Å². The molecule has 0 fully saturated rings. The lowest BCUT2D eigenvalue weighted by Crippen LogP contribution is -2.33. The molecule has 0 saturated carbocycles. The van der Waals surface area contributed by atoms with Gasteiger partial charge in [-0.3, -0.25) is 4.79 Å². The van der Waals surface area contributed by atoms with Crippen LogP contribution in [0.25, 0.3) is 0 Å². The molecule has 0 aliphatic carbocycles. The van der Waals surface area contributed by atoms with Gasteiger partial charge in [-0.2, -0.15) is 0 Å². The van der Waals surface area contributed by atoms with Crippen molar-refractivity contribution in [2.24, 2.45) is 0 Å². The normalized spacial score (nSPS) is 9.80. The van der Waals surface area contributed by atoms with Crippen molar-refractivity contribution in [2.75, 3.05) is 25.5 Å². The van der Waals surface area contributed by atoms with Crippen molar-refractivity contribution in [1.82, 2.24) is 10.3 Å². The summed E-state index contributed by atoms with van der Waals surface area (Å²) in [5.41, 5.74) is 0.712. The van der Waals surface area contributed by atoms with Crippen molar-refractivity contribution in [1.29, 1.82) is 0 Å². The number of hydrogen-bond donors (Lipinski definition) is 2. The lowest BCUT2D eigenvalue weighted by molar-refractivity contribution is -0.119. The average Bonchev–Trinajstić information content (AvgIpc) is 2.28. The summed E-state index contributed by atoms with van der Waals surface area (Å²) < 4.78 is 0. The van der Waals surface area contributed by atoms with Crippen LogP contribution in [0.2, 0.25) is 0 Å². The standard InChI is InChI=1S/C10H15N3O2/c1-11-9(15)6-13(2)10-8(7-14)4-3-5-12-10/h3-5,14H,6-7H2,1-2H3,(H,11,15). The zero-order chi connectivity index (χ0) is 11.3. The smallest absolute Gasteiger partial charge is 0.239 e. The Hall–Kier alpha value is -1.62. The van der Waals surface area contributed by atoms with Crippen LogP contribution >= 0.6 is 0 Å². The first-order chi connectivity index (χ1) is 7.19. The van der Waals surface area contributed by atoms with Gasteiger partial charge in [-0.15, -0.1) is 0 Å². The van der Waals surface area contributed by atoms with Crippen molar-refractivity contribution < 1.29 is 9.90 Å². The summed E-state index contributed by atoms with van der Waals surface area (Å²) in [5.74, 6) is 0.538. The molecule has 0 bridgehead atoms. The summed E-state index contributed by atoms with van der Waals surface area (Å²) in [7, 11) is 3.35. The van der Waals surface area contributed by atoms with Crippen molar-refractivity contribution in [3.63, 3.8) is 0 Å². The molecule has 0 radical (unpaired) electrons. The second-order valence-electron chi connectivity index (χ2n) is 3.17. The second kappa shape index (κ2) is 5.31. The molecule has 2 N–H and O–H groups in total. The number of anilines is 1. The molecule has 1 aromatic heterocycles. The molecule has 1 rings (SSSR count). The highest BCUT2D eigenvalue weighted by atomic mass is 16.3. The van der Waals surface area contributed by atoms with E-state index >= 15 is 0 Å². The number of hydrogen-bond acceptors (Lipinski definition) is 4. The van der Waals surface area contributed by atoms with Crippen LogP contribution in [0, 0.1) is 0 Å². The maximum Gasteiger partial charge on any atom is 0.239 e. The predicted molar refractivity (Wildman–Crippen MR) is 57.5 cm³/mol. The lowest BCUT2D eigenvalue weighted by atomic mass is 10.2. The number of pyridine rings is 1. The maximum atomic E-state index is 11.2. The van der Waals surface area contributed by atoms with Crippen LogP contribution in [0.15, 0.2) is 18.3 Å². The van der Waals surface area contributed by atoms with Gasteiger partial charge in [-0.05, 0) is 6.07 Å². The highest BCUT2D eigenvalue weighted by Gasteiger charge is 2.10. The predicted octanol–water partition coefficient (Wildman–Crippen LogP) is -0.244. The summed E-state index contributed by atoms with van der Waals surface area (Å²) >= 11 is 0. The van der Waals surface area contributed by atoms with Crippen LogP contribution in [0.3, 0.4) is 0 Å². The minimum atomic E-state index is -0.0907. The molecule has 0 aliphatic rings. The van der Waals surface area contributed by atoms with Gasteiger partial charge in [0.2, 0.25) is 5.91 Å². The Labute approximate surface area is 88.7 Å². The number of aliphatic hydroxyl groups excluding tert-OH is 1. The third-order valence-corrected chi connectivity index (χ3v) is 2.06. The summed E-state index contributed by atoms with van der Waals surface area (Å²) in [5, 5.41) is 11.6. The Morgan fingerprint density at radius 2 is 2.40 bits per heavy atom. The Morgan fingerprint density at radius 3 is 3.00 bits per heavy atom. The fraction of sp³-hybridized carbons (Fsp3) is 0.400. The van der Waals surface area contributed by atoms with E-state index in [1.807, 2.05) is 0 Å². The van der Waals surface area contributed by atoms with E-state index in [1.165, 1.54) is 0 Å². The number of amides is 1. The SMILES string of the molecule is CNC(=O)CN(C)c1ncccc1CO. The molecule has 82 valence electrons. The molecule has 5 heteroatoms. The zero-order valence-corrected chi connectivity index (χ0v) is 8.90. The first-order valence-electron chi connectivity index (χ1n) is 4.65. The van der Waals surface area contributed by atoms with E-state index in [0.29, 0.717) is 11.4 Å². The van der Waals surface area contributed by atoms with Gasteiger partial charge in [0.05, 0.1) is 13.2 Å². The Morgan fingerprint density at radius 1 is 1.67 bits per heavy atom. The van der Waals surface area contributed by atoms with Gasteiger partial charge in [0.1, 0.15) is 5.82 Å². The van der Waals surface area contributed by atoms with Gasteiger partial charge in [-0.25, -0.2) is 4.98 Å². The molecule has 5 nitrogen and oxygen atoms in total. The van der Waals surface area contributed by atoms with Crippen LogP contribution in [-0.2, 0) is 11.4 Å². The number of nitrogens with zero attached hydrogens (tertiary/aromatic N) is 2. The first-order valence-corrected chi connectivity index (χ1v) is 4.65. The zero-order valence-electron chi connectivity index (χ0n) is 8.90. The van der Waals surface area contributed by atoms with E-state index in [-0.39, 0.29) is 19.1 Å². The first kappa shape index (κ1) is 11.5. The number of aliphatic hydroxyl groups is 1. The average molecular weight is 209 g/mol. The van der Waals surface area contributed by atoms with Crippen LogP contribution in [0.1, 0.15) is 5.56 Å². The molecule has 0 aliphatic heterocycles. The Bertz CT molecular complexity index is 341. The monoisotopic (exact) mass is 209 g/mol. The highest BCUT2D eigenvalue weighted by Crippen LogP contribution is 2.14. The molecule has 15 heavy (non-hydrogen) atoms. The number of carbonyl (C=O) groups is 1. The van der Waals surface area contributed by atoms with Gasteiger partial charge in [-0.1, -0.05) is 6.07 Å². The van der Waals surface area contributed by atoms with Gasteiger partial charge in [0.25, 0.3) is 0 Å². The minimum absolute atomic E-state index is 0.0821. The van der Waals surface area contributed by atoms with E-state index in [4.69, 9.17) is 5.11 Å². The lowest BCUT2D eigenvalue weighted by Gasteiger charge is -2.19. The molecule has 0 saturated heterocycles. The van der Waals surface area contributed by atoms with E-state index in [1.54, 1.807) is 37.3 Å². The summed E-state index contributed by atoms with van der Waals surface area (Å²) in [6.45, 7) is 0.141. The van der Waals surface area contributed by atoms with Crippen molar-refractivity contribution >= 4 is 11.7 Å². The number of aromatic nitrogens is 1. The molecule has 0 spiro atoms. The fourth-order valence-electron chi connectivity index (χ4n) is 1.27. The molecular weight excluding hydrogens is 194 g/mol. The van der Waals surface area contributed by atoms with E-state index in [9.17, 15) is 4.79 Å². The summed E-state index contributed by atoms with van der Waals surface area (Å²) in [4.78, 5) is 17.0. The maximum absolute atomic E-state index is 11.2. The quantitative estimate of drug-likeness (QED) is 0.718. The number of likely N-dealkylation sites (N-methyl/N-ethyl adjacent to an activating group) is 2.